The van der Waals surface area contributed by atoms with Gasteiger partial charge in [0.25, 0.3) is 0 Å². The standard InChI is InChI=1S/C16H19BrN2O/c1-10-11(2)14(20-3)8-7-12(10)15-13-6-4-5-9-19(13)16(17)18-15/h7-8H,4-6,9H2,1-3H3. The van der Waals surface area contributed by atoms with Gasteiger partial charge < -0.3 is 9.30 Å². The van der Waals surface area contributed by atoms with E-state index in [1.165, 1.54) is 35.2 Å². The Labute approximate surface area is 128 Å². The number of fused-ring (bicyclic) bond motifs is 1. The van der Waals surface area contributed by atoms with Gasteiger partial charge in [-0.1, -0.05) is 0 Å². The lowest BCUT2D eigenvalue weighted by molar-refractivity contribution is 0.411. The maximum absolute atomic E-state index is 5.40. The molecule has 0 aliphatic carbocycles. The fourth-order valence-corrected chi connectivity index (χ4v) is 3.56. The van der Waals surface area contributed by atoms with Gasteiger partial charge in [0.05, 0.1) is 12.8 Å². The van der Waals surface area contributed by atoms with Gasteiger partial charge in [-0.15, -0.1) is 0 Å². The van der Waals surface area contributed by atoms with Crippen LogP contribution >= 0.6 is 15.9 Å². The minimum atomic E-state index is 0.943. The van der Waals surface area contributed by atoms with Gasteiger partial charge in [-0.2, -0.15) is 0 Å². The van der Waals surface area contributed by atoms with Crippen LogP contribution in [0.4, 0.5) is 0 Å². The number of hydrogen-bond donors (Lipinski definition) is 0. The van der Waals surface area contributed by atoms with E-state index in [0.717, 1.165) is 29.1 Å². The van der Waals surface area contributed by atoms with Gasteiger partial charge in [-0.25, -0.2) is 4.98 Å². The largest absolute Gasteiger partial charge is 0.496 e. The molecule has 2 aromatic rings. The number of nitrogens with zero attached hydrogens (tertiary/aromatic N) is 2. The molecule has 2 heterocycles. The Balaban J connectivity index is 2.17. The van der Waals surface area contributed by atoms with Gasteiger partial charge in [0.1, 0.15) is 5.75 Å². The van der Waals surface area contributed by atoms with Gasteiger partial charge in [0.15, 0.2) is 4.73 Å². The molecule has 4 heteroatoms. The third-order valence-electron chi connectivity index (χ3n) is 4.28. The van der Waals surface area contributed by atoms with Crippen molar-refractivity contribution >= 4 is 15.9 Å². The molecular formula is C16H19BrN2O. The van der Waals surface area contributed by atoms with E-state index in [-0.39, 0.29) is 0 Å². The second kappa shape index (κ2) is 5.24. The summed E-state index contributed by atoms with van der Waals surface area (Å²) in [5.41, 5.74) is 6.15. The van der Waals surface area contributed by atoms with E-state index < -0.39 is 0 Å². The van der Waals surface area contributed by atoms with E-state index >= 15 is 0 Å². The Morgan fingerprint density at radius 3 is 2.75 bits per heavy atom. The molecule has 20 heavy (non-hydrogen) atoms. The normalized spacial score (nSPS) is 14.2. The summed E-state index contributed by atoms with van der Waals surface area (Å²) in [4.78, 5) is 4.76. The molecule has 0 saturated heterocycles. The van der Waals surface area contributed by atoms with Crippen LogP contribution in [0, 0.1) is 13.8 Å². The number of methoxy groups -OCH3 is 1. The molecule has 0 bridgehead atoms. The first kappa shape index (κ1) is 13.7. The molecule has 0 radical (unpaired) electrons. The molecule has 1 aliphatic rings. The monoisotopic (exact) mass is 334 g/mol. The van der Waals surface area contributed by atoms with E-state index in [4.69, 9.17) is 9.72 Å². The Bertz CT molecular complexity index is 661. The average Bonchev–Trinajstić information content (AvgIpc) is 2.80. The van der Waals surface area contributed by atoms with Crippen LogP contribution in [0.3, 0.4) is 0 Å². The highest BCUT2D eigenvalue weighted by Crippen LogP contribution is 2.35. The molecule has 0 unspecified atom stereocenters. The molecule has 0 N–H and O–H groups in total. The first-order chi connectivity index (χ1) is 9.63. The van der Waals surface area contributed by atoms with Crippen LogP contribution in [0.15, 0.2) is 16.9 Å². The maximum Gasteiger partial charge on any atom is 0.177 e. The van der Waals surface area contributed by atoms with Gasteiger partial charge in [-0.05, 0) is 72.3 Å². The number of imidazole rings is 1. The fourth-order valence-electron chi connectivity index (χ4n) is 2.99. The number of ether oxygens (including phenoxy) is 1. The van der Waals surface area contributed by atoms with Crippen LogP contribution in [0.5, 0.6) is 5.75 Å². The summed E-state index contributed by atoms with van der Waals surface area (Å²) in [7, 11) is 1.72. The van der Waals surface area contributed by atoms with Crippen molar-refractivity contribution in [2.24, 2.45) is 0 Å². The molecule has 0 saturated carbocycles. The van der Waals surface area contributed by atoms with Gasteiger partial charge in [-0.3, -0.25) is 0 Å². The maximum atomic E-state index is 5.40. The summed E-state index contributed by atoms with van der Waals surface area (Å²) in [5.74, 6) is 0.943. The van der Waals surface area contributed by atoms with Gasteiger partial charge in [0.2, 0.25) is 0 Å². The topological polar surface area (TPSA) is 27.1 Å². The van der Waals surface area contributed by atoms with Crippen molar-refractivity contribution < 1.29 is 4.74 Å². The summed E-state index contributed by atoms with van der Waals surface area (Å²) in [6.45, 7) is 5.32. The summed E-state index contributed by atoms with van der Waals surface area (Å²) < 4.78 is 8.66. The van der Waals surface area contributed by atoms with Crippen molar-refractivity contribution in [3.05, 3.63) is 33.7 Å². The Morgan fingerprint density at radius 2 is 2.00 bits per heavy atom. The van der Waals surface area contributed by atoms with E-state index in [0.29, 0.717) is 0 Å². The van der Waals surface area contributed by atoms with Crippen LogP contribution in [0.25, 0.3) is 11.3 Å². The molecule has 0 spiro atoms. The van der Waals surface area contributed by atoms with Crippen LogP contribution in [0.2, 0.25) is 0 Å². The lowest BCUT2D eigenvalue weighted by Gasteiger charge is -2.17. The van der Waals surface area contributed by atoms with E-state index in [9.17, 15) is 0 Å². The number of benzene rings is 1. The zero-order valence-corrected chi connectivity index (χ0v) is 13.7. The Morgan fingerprint density at radius 1 is 1.20 bits per heavy atom. The summed E-state index contributed by atoms with van der Waals surface area (Å²) in [5, 5.41) is 0. The SMILES string of the molecule is COc1ccc(-c2nc(Br)n3c2CCCC3)c(C)c1C. The zero-order chi connectivity index (χ0) is 14.3. The molecule has 1 aromatic carbocycles. The van der Waals surface area contributed by atoms with Crippen molar-refractivity contribution in [2.45, 2.75) is 39.7 Å². The van der Waals surface area contributed by atoms with Crippen molar-refractivity contribution in [1.29, 1.82) is 0 Å². The first-order valence-corrected chi connectivity index (χ1v) is 7.82. The zero-order valence-electron chi connectivity index (χ0n) is 12.2. The highest BCUT2D eigenvalue weighted by atomic mass is 79.9. The van der Waals surface area contributed by atoms with E-state index in [1.807, 2.05) is 6.07 Å². The predicted molar refractivity (Wildman–Crippen MR) is 84.3 cm³/mol. The van der Waals surface area contributed by atoms with E-state index in [2.05, 4.69) is 40.4 Å². The number of aromatic nitrogens is 2. The minimum absolute atomic E-state index is 0.943. The molecule has 0 fully saturated rings. The number of hydrogen-bond acceptors (Lipinski definition) is 2. The Hall–Kier alpha value is -1.29. The predicted octanol–water partition coefficient (Wildman–Crippen LogP) is 4.27. The van der Waals surface area contributed by atoms with Crippen LogP contribution in [-0.4, -0.2) is 16.7 Å². The highest BCUT2D eigenvalue weighted by molar-refractivity contribution is 9.10. The van der Waals surface area contributed by atoms with Crippen molar-refractivity contribution in [3.8, 4) is 17.0 Å². The molecule has 3 nitrogen and oxygen atoms in total. The minimum Gasteiger partial charge on any atom is -0.496 e. The van der Waals surface area contributed by atoms with Crippen molar-refractivity contribution in [3.63, 3.8) is 0 Å². The third-order valence-corrected chi connectivity index (χ3v) is 4.89. The van der Waals surface area contributed by atoms with Crippen LogP contribution in [-0.2, 0) is 13.0 Å². The molecule has 106 valence electrons. The van der Waals surface area contributed by atoms with Crippen molar-refractivity contribution in [1.82, 2.24) is 9.55 Å². The first-order valence-electron chi connectivity index (χ1n) is 7.03. The summed E-state index contributed by atoms with van der Waals surface area (Å²) >= 11 is 3.60. The quantitative estimate of drug-likeness (QED) is 0.819. The number of rotatable bonds is 2. The van der Waals surface area contributed by atoms with Crippen LogP contribution in [0.1, 0.15) is 29.7 Å². The highest BCUT2D eigenvalue weighted by Gasteiger charge is 2.21. The fraction of sp³-hybridized carbons (Fsp3) is 0.438. The lowest BCUT2D eigenvalue weighted by Crippen LogP contribution is -2.10. The molecule has 0 atom stereocenters. The van der Waals surface area contributed by atoms with Gasteiger partial charge in [0, 0.05) is 17.8 Å². The molecule has 1 aromatic heterocycles. The second-order valence-corrected chi connectivity index (χ2v) is 6.06. The average molecular weight is 335 g/mol. The molecule has 3 rings (SSSR count). The number of halogens is 1. The smallest absolute Gasteiger partial charge is 0.177 e. The van der Waals surface area contributed by atoms with E-state index in [1.54, 1.807) is 7.11 Å². The summed E-state index contributed by atoms with van der Waals surface area (Å²) in [6, 6.07) is 4.17. The molecule has 1 aliphatic heterocycles. The summed E-state index contributed by atoms with van der Waals surface area (Å²) in [6.07, 6.45) is 3.60. The second-order valence-electron chi connectivity index (χ2n) is 5.35. The van der Waals surface area contributed by atoms with Gasteiger partial charge >= 0.3 is 0 Å². The van der Waals surface area contributed by atoms with Crippen molar-refractivity contribution in [2.75, 3.05) is 7.11 Å². The molecule has 0 amide bonds. The third kappa shape index (κ3) is 2.06. The molecular weight excluding hydrogens is 316 g/mol. The lowest BCUT2D eigenvalue weighted by atomic mass is 9.97. The Kier molecular flexibility index (Phi) is 3.59. The van der Waals surface area contributed by atoms with Crippen LogP contribution < -0.4 is 4.74 Å².